The monoisotopic (exact) mass is 275 g/mol. The molecule has 1 heterocycles. The first kappa shape index (κ1) is 14.5. The van der Waals surface area contributed by atoms with Crippen LogP contribution in [-0.4, -0.2) is 35.3 Å². The van der Waals surface area contributed by atoms with Crippen molar-refractivity contribution in [3.8, 4) is 0 Å². The predicted octanol–water partition coefficient (Wildman–Crippen LogP) is 1.20. The first-order valence-electron chi connectivity index (χ1n) is 6.98. The van der Waals surface area contributed by atoms with Crippen molar-refractivity contribution < 1.29 is 9.59 Å². The van der Waals surface area contributed by atoms with Crippen molar-refractivity contribution in [3.63, 3.8) is 0 Å². The number of amides is 2. The van der Waals surface area contributed by atoms with Gasteiger partial charge in [-0.1, -0.05) is 13.0 Å². The van der Waals surface area contributed by atoms with Gasteiger partial charge in [0.05, 0.1) is 0 Å². The highest BCUT2D eigenvalue weighted by Crippen LogP contribution is 2.37. The van der Waals surface area contributed by atoms with Crippen molar-refractivity contribution in [2.24, 2.45) is 11.8 Å². The Balaban J connectivity index is 1.67. The summed E-state index contributed by atoms with van der Waals surface area (Å²) in [6.45, 7) is 3.02. The van der Waals surface area contributed by atoms with Gasteiger partial charge in [0.2, 0.25) is 11.8 Å². The zero-order chi connectivity index (χ0) is 14.5. The quantitative estimate of drug-likeness (QED) is 0.848. The highest BCUT2D eigenvalue weighted by Gasteiger charge is 2.38. The summed E-state index contributed by atoms with van der Waals surface area (Å²) >= 11 is 0. The molecule has 1 aromatic rings. The zero-order valence-corrected chi connectivity index (χ0v) is 12.0. The highest BCUT2D eigenvalue weighted by molar-refractivity contribution is 5.82. The Labute approximate surface area is 119 Å². The second-order valence-corrected chi connectivity index (χ2v) is 5.47. The Hall–Kier alpha value is -1.91. The normalized spacial score (nSPS) is 20.3. The van der Waals surface area contributed by atoms with Crippen molar-refractivity contribution in [2.75, 3.05) is 13.6 Å². The molecule has 2 rings (SSSR count). The fraction of sp³-hybridized carbons (Fsp3) is 0.533. The maximum Gasteiger partial charge on any atom is 0.224 e. The summed E-state index contributed by atoms with van der Waals surface area (Å²) in [5.41, 5.74) is 0.999. The van der Waals surface area contributed by atoms with Crippen LogP contribution in [0.2, 0.25) is 0 Å². The van der Waals surface area contributed by atoms with Crippen molar-refractivity contribution in [2.45, 2.75) is 26.3 Å². The standard InChI is InChI=1S/C15H21N3O2/c1-11-8-13(11)15(20)17-7-5-14(19)18(2)10-12-4-3-6-16-9-12/h3-4,6,9,11,13H,5,7-8,10H2,1-2H3,(H,17,20)/t11-,13-/m0/s1. The van der Waals surface area contributed by atoms with Crippen LogP contribution < -0.4 is 5.32 Å². The van der Waals surface area contributed by atoms with Gasteiger partial charge in [-0.15, -0.1) is 0 Å². The smallest absolute Gasteiger partial charge is 0.224 e. The van der Waals surface area contributed by atoms with Gasteiger partial charge in [0.15, 0.2) is 0 Å². The maximum absolute atomic E-state index is 11.9. The van der Waals surface area contributed by atoms with Gasteiger partial charge in [0, 0.05) is 44.9 Å². The number of nitrogens with one attached hydrogen (secondary N) is 1. The molecule has 5 heteroatoms. The van der Waals surface area contributed by atoms with Crippen LogP contribution >= 0.6 is 0 Å². The number of hydrogen-bond acceptors (Lipinski definition) is 3. The van der Waals surface area contributed by atoms with E-state index >= 15 is 0 Å². The van der Waals surface area contributed by atoms with E-state index in [2.05, 4.69) is 17.2 Å². The summed E-state index contributed by atoms with van der Waals surface area (Å²) in [6.07, 6.45) is 4.77. The summed E-state index contributed by atoms with van der Waals surface area (Å²) in [5, 5.41) is 2.83. The summed E-state index contributed by atoms with van der Waals surface area (Å²) in [4.78, 5) is 29.2. The summed E-state index contributed by atoms with van der Waals surface area (Å²) in [5.74, 6) is 0.774. The van der Waals surface area contributed by atoms with Crippen LogP contribution in [0.4, 0.5) is 0 Å². The molecule has 0 saturated heterocycles. The van der Waals surface area contributed by atoms with Crippen molar-refractivity contribution in [3.05, 3.63) is 30.1 Å². The van der Waals surface area contributed by atoms with E-state index in [1.54, 1.807) is 24.3 Å². The van der Waals surface area contributed by atoms with Crippen molar-refractivity contribution >= 4 is 11.8 Å². The van der Waals surface area contributed by atoms with Gasteiger partial charge in [-0.25, -0.2) is 0 Å². The number of hydrogen-bond donors (Lipinski definition) is 1. The lowest BCUT2D eigenvalue weighted by Gasteiger charge is -2.17. The van der Waals surface area contributed by atoms with Crippen LogP contribution in [0, 0.1) is 11.8 Å². The van der Waals surface area contributed by atoms with E-state index < -0.39 is 0 Å². The first-order valence-corrected chi connectivity index (χ1v) is 6.98. The molecule has 5 nitrogen and oxygen atoms in total. The maximum atomic E-state index is 11.9. The fourth-order valence-corrected chi connectivity index (χ4v) is 2.16. The van der Waals surface area contributed by atoms with Crippen LogP contribution in [0.1, 0.15) is 25.3 Å². The Bertz CT molecular complexity index is 475. The lowest BCUT2D eigenvalue weighted by atomic mass is 10.2. The first-order chi connectivity index (χ1) is 9.58. The van der Waals surface area contributed by atoms with Gasteiger partial charge >= 0.3 is 0 Å². The Kier molecular flexibility index (Phi) is 4.71. The molecule has 108 valence electrons. The number of pyridine rings is 1. The number of carbonyl (C=O) groups is 2. The van der Waals surface area contributed by atoms with E-state index in [4.69, 9.17) is 0 Å². The molecule has 0 unspecified atom stereocenters. The second kappa shape index (κ2) is 6.50. The minimum atomic E-state index is 0.0259. The van der Waals surface area contributed by atoms with Gasteiger partial charge in [-0.3, -0.25) is 14.6 Å². The minimum absolute atomic E-state index is 0.0259. The van der Waals surface area contributed by atoms with E-state index in [1.165, 1.54) is 0 Å². The molecule has 1 saturated carbocycles. The molecule has 1 aliphatic rings. The average Bonchev–Trinajstić information content (AvgIpc) is 3.17. The second-order valence-electron chi connectivity index (χ2n) is 5.47. The third-order valence-corrected chi connectivity index (χ3v) is 3.65. The summed E-state index contributed by atoms with van der Waals surface area (Å²) in [6, 6.07) is 3.79. The molecular formula is C15H21N3O2. The van der Waals surface area contributed by atoms with Crippen LogP contribution in [0.15, 0.2) is 24.5 Å². The largest absolute Gasteiger partial charge is 0.355 e. The fourth-order valence-electron chi connectivity index (χ4n) is 2.16. The lowest BCUT2D eigenvalue weighted by molar-refractivity contribution is -0.130. The molecule has 1 fully saturated rings. The molecule has 20 heavy (non-hydrogen) atoms. The molecule has 0 aliphatic heterocycles. The van der Waals surface area contributed by atoms with Gasteiger partial charge in [0.1, 0.15) is 0 Å². The summed E-state index contributed by atoms with van der Waals surface area (Å²) in [7, 11) is 1.76. The summed E-state index contributed by atoms with van der Waals surface area (Å²) < 4.78 is 0. The van der Waals surface area contributed by atoms with E-state index in [0.29, 0.717) is 25.4 Å². The Morgan fingerprint density at radius 2 is 2.25 bits per heavy atom. The van der Waals surface area contributed by atoms with Crippen LogP contribution in [0.3, 0.4) is 0 Å². The van der Waals surface area contributed by atoms with Gasteiger partial charge in [0.25, 0.3) is 0 Å². The molecule has 1 aliphatic carbocycles. The van der Waals surface area contributed by atoms with Crippen molar-refractivity contribution in [1.82, 2.24) is 15.2 Å². The molecule has 1 N–H and O–H groups in total. The molecule has 0 radical (unpaired) electrons. The number of carbonyl (C=O) groups excluding carboxylic acids is 2. The zero-order valence-electron chi connectivity index (χ0n) is 12.0. The van der Waals surface area contributed by atoms with Gasteiger partial charge in [-0.05, 0) is 24.0 Å². The highest BCUT2D eigenvalue weighted by atomic mass is 16.2. The molecule has 2 atom stereocenters. The predicted molar refractivity (Wildman–Crippen MR) is 75.6 cm³/mol. The minimum Gasteiger partial charge on any atom is -0.355 e. The Morgan fingerprint density at radius 1 is 1.50 bits per heavy atom. The van der Waals surface area contributed by atoms with Crippen LogP contribution in [-0.2, 0) is 16.1 Å². The van der Waals surface area contributed by atoms with Gasteiger partial charge in [-0.2, -0.15) is 0 Å². The molecular weight excluding hydrogens is 254 g/mol. The Morgan fingerprint density at radius 3 is 2.85 bits per heavy atom. The lowest BCUT2D eigenvalue weighted by Crippen LogP contribution is -2.32. The van der Waals surface area contributed by atoms with Crippen LogP contribution in [0.5, 0.6) is 0 Å². The SMILES string of the molecule is C[C@H]1C[C@@H]1C(=O)NCCC(=O)N(C)Cc1cccnc1. The topological polar surface area (TPSA) is 62.3 Å². The van der Waals surface area contributed by atoms with E-state index in [9.17, 15) is 9.59 Å². The molecule has 0 spiro atoms. The van der Waals surface area contributed by atoms with Gasteiger partial charge < -0.3 is 10.2 Å². The number of nitrogens with zero attached hydrogens (tertiary/aromatic N) is 2. The van der Waals surface area contributed by atoms with Crippen LogP contribution in [0.25, 0.3) is 0 Å². The van der Waals surface area contributed by atoms with Crippen molar-refractivity contribution in [1.29, 1.82) is 0 Å². The third-order valence-electron chi connectivity index (χ3n) is 3.65. The number of rotatable bonds is 6. The molecule has 0 aromatic carbocycles. The van der Waals surface area contributed by atoms with E-state index in [0.717, 1.165) is 12.0 Å². The molecule has 2 amide bonds. The molecule has 0 bridgehead atoms. The van der Waals surface area contributed by atoms with E-state index in [-0.39, 0.29) is 17.7 Å². The van der Waals surface area contributed by atoms with E-state index in [1.807, 2.05) is 12.1 Å². The average molecular weight is 275 g/mol. The number of aromatic nitrogens is 1. The third kappa shape index (κ3) is 4.05. The molecule has 1 aromatic heterocycles.